The molecule has 0 aliphatic heterocycles. The smallest absolute Gasteiger partial charge is 0.381 e. The summed E-state index contributed by atoms with van der Waals surface area (Å²) < 4.78 is 5.13. The van der Waals surface area contributed by atoms with Gasteiger partial charge in [-0.1, -0.05) is 18.2 Å². The summed E-state index contributed by atoms with van der Waals surface area (Å²) in [4.78, 5) is 14.2. The molecule has 1 N–H and O–H groups in total. The van der Waals surface area contributed by atoms with E-state index in [0.29, 0.717) is 5.75 Å². The van der Waals surface area contributed by atoms with E-state index < -0.39 is 12.1 Å². The van der Waals surface area contributed by atoms with Gasteiger partial charge in [0.25, 0.3) is 0 Å². The molecule has 1 aromatic rings. The van der Waals surface area contributed by atoms with E-state index in [2.05, 4.69) is 4.89 Å². The first-order valence-electron chi connectivity index (χ1n) is 3.81. The average molecular weight is 182 g/mol. The Labute approximate surface area is 75.6 Å². The lowest BCUT2D eigenvalue weighted by atomic mass is 10.3. The molecule has 1 rings (SSSR count). The van der Waals surface area contributed by atoms with Crippen molar-refractivity contribution in [3.05, 3.63) is 30.3 Å². The van der Waals surface area contributed by atoms with Crippen LogP contribution >= 0.6 is 0 Å². The van der Waals surface area contributed by atoms with E-state index in [0.717, 1.165) is 0 Å². The molecule has 4 heteroatoms. The van der Waals surface area contributed by atoms with Crippen molar-refractivity contribution in [2.24, 2.45) is 0 Å². The molecule has 70 valence electrons. The van der Waals surface area contributed by atoms with Gasteiger partial charge in [-0.05, 0) is 19.1 Å². The molecule has 1 aromatic carbocycles. The first-order chi connectivity index (χ1) is 6.24. The second kappa shape index (κ2) is 4.47. The second-order valence-electron chi connectivity index (χ2n) is 2.48. The van der Waals surface area contributed by atoms with Gasteiger partial charge in [0.15, 0.2) is 6.10 Å². The Morgan fingerprint density at radius 3 is 2.54 bits per heavy atom. The van der Waals surface area contributed by atoms with Crippen molar-refractivity contribution in [1.29, 1.82) is 0 Å². The van der Waals surface area contributed by atoms with Gasteiger partial charge in [0.2, 0.25) is 0 Å². The Hall–Kier alpha value is -1.55. The van der Waals surface area contributed by atoms with Crippen LogP contribution in [0.3, 0.4) is 0 Å². The molecule has 13 heavy (non-hydrogen) atoms. The van der Waals surface area contributed by atoms with Gasteiger partial charge in [-0.2, -0.15) is 5.26 Å². The van der Waals surface area contributed by atoms with E-state index in [1.54, 1.807) is 24.3 Å². The zero-order valence-corrected chi connectivity index (χ0v) is 7.14. The Bertz CT molecular complexity index is 270. The van der Waals surface area contributed by atoms with Crippen LogP contribution in [0.2, 0.25) is 0 Å². The Morgan fingerprint density at radius 1 is 1.38 bits per heavy atom. The minimum absolute atomic E-state index is 0.556. The highest BCUT2D eigenvalue weighted by Crippen LogP contribution is 2.10. The highest BCUT2D eigenvalue weighted by molar-refractivity contribution is 5.73. The van der Waals surface area contributed by atoms with Gasteiger partial charge in [0, 0.05) is 0 Å². The highest BCUT2D eigenvalue weighted by Gasteiger charge is 2.15. The summed E-state index contributed by atoms with van der Waals surface area (Å²) in [7, 11) is 0. The van der Waals surface area contributed by atoms with Crippen molar-refractivity contribution in [1.82, 2.24) is 0 Å². The Morgan fingerprint density at radius 2 is 2.00 bits per heavy atom. The summed E-state index contributed by atoms with van der Waals surface area (Å²) in [6.45, 7) is 1.49. The van der Waals surface area contributed by atoms with Crippen LogP contribution in [0, 0.1) is 0 Å². The summed E-state index contributed by atoms with van der Waals surface area (Å²) in [6, 6.07) is 8.82. The molecule has 0 amide bonds. The number of para-hydroxylation sites is 1. The van der Waals surface area contributed by atoms with Gasteiger partial charge in [-0.3, -0.25) is 4.89 Å². The minimum Gasteiger partial charge on any atom is -0.479 e. The zero-order chi connectivity index (χ0) is 9.68. The average Bonchev–Trinajstić information content (AvgIpc) is 2.18. The first-order valence-corrected chi connectivity index (χ1v) is 3.81. The fourth-order valence-electron chi connectivity index (χ4n) is 0.826. The molecule has 0 aromatic heterocycles. The van der Waals surface area contributed by atoms with Gasteiger partial charge in [0.05, 0.1) is 0 Å². The molecule has 0 aliphatic rings. The molecule has 0 saturated carbocycles. The van der Waals surface area contributed by atoms with E-state index in [4.69, 9.17) is 9.99 Å². The van der Waals surface area contributed by atoms with Crippen molar-refractivity contribution in [2.45, 2.75) is 13.0 Å². The monoisotopic (exact) mass is 182 g/mol. The largest absolute Gasteiger partial charge is 0.479 e. The van der Waals surface area contributed by atoms with Crippen molar-refractivity contribution < 1.29 is 19.7 Å². The van der Waals surface area contributed by atoms with Gasteiger partial charge >= 0.3 is 5.97 Å². The molecule has 0 radical (unpaired) electrons. The van der Waals surface area contributed by atoms with E-state index in [9.17, 15) is 4.79 Å². The maximum atomic E-state index is 10.7. The van der Waals surface area contributed by atoms with Crippen LogP contribution in [0.5, 0.6) is 5.75 Å². The maximum absolute atomic E-state index is 10.7. The van der Waals surface area contributed by atoms with Crippen molar-refractivity contribution in [3.8, 4) is 5.75 Å². The van der Waals surface area contributed by atoms with Crippen LogP contribution in [0.15, 0.2) is 30.3 Å². The van der Waals surface area contributed by atoms with Crippen LogP contribution in [-0.4, -0.2) is 17.3 Å². The number of hydrogen-bond donors (Lipinski definition) is 1. The standard InChI is InChI=1S/C9H10O4/c1-7(9(10)13-11)12-8-5-3-2-4-6-8/h2-7,11H,1H3/t7-/m0/s1. The molecule has 1 atom stereocenters. The summed E-state index contributed by atoms with van der Waals surface area (Å²) in [5, 5.41) is 8.05. The molecule has 0 heterocycles. The molecule has 0 bridgehead atoms. The Kier molecular flexibility index (Phi) is 3.28. The minimum atomic E-state index is -0.816. The third kappa shape index (κ3) is 2.76. The quantitative estimate of drug-likeness (QED) is 0.568. The molecule has 0 aliphatic carbocycles. The van der Waals surface area contributed by atoms with E-state index in [1.165, 1.54) is 6.92 Å². The predicted molar refractivity (Wildman–Crippen MR) is 45.3 cm³/mol. The second-order valence-corrected chi connectivity index (χ2v) is 2.48. The lowest BCUT2D eigenvalue weighted by Gasteiger charge is -2.10. The van der Waals surface area contributed by atoms with Crippen molar-refractivity contribution >= 4 is 5.97 Å². The summed E-state index contributed by atoms with van der Waals surface area (Å²) in [6.07, 6.45) is -0.813. The van der Waals surface area contributed by atoms with E-state index in [1.807, 2.05) is 6.07 Å². The molecule has 4 nitrogen and oxygen atoms in total. The van der Waals surface area contributed by atoms with Crippen molar-refractivity contribution in [2.75, 3.05) is 0 Å². The number of carbonyl (C=O) groups excluding carboxylic acids is 1. The number of benzene rings is 1. The fraction of sp³-hybridized carbons (Fsp3) is 0.222. The van der Waals surface area contributed by atoms with Crippen molar-refractivity contribution in [3.63, 3.8) is 0 Å². The van der Waals surface area contributed by atoms with Crippen LogP contribution in [-0.2, 0) is 9.68 Å². The molecular weight excluding hydrogens is 172 g/mol. The molecule has 0 fully saturated rings. The van der Waals surface area contributed by atoms with Gasteiger partial charge in [0.1, 0.15) is 5.75 Å². The topological polar surface area (TPSA) is 55.8 Å². The fourth-order valence-corrected chi connectivity index (χ4v) is 0.826. The number of carbonyl (C=O) groups is 1. The first kappa shape index (κ1) is 9.54. The normalized spacial score (nSPS) is 11.8. The van der Waals surface area contributed by atoms with E-state index in [-0.39, 0.29) is 0 Å². The third-order valence-electron chi connectivity index (χ3n) is 1.48. The lowest BCUT2D eigenvalue weighted by molar-refractivity contribution is -0.240. The van der Waals surface area contributed by atoms with E-state index >= 15 is 0 Å². The van der Waals surface area contributed by atoms with Crippen LogP contribution in [0.25, 0.3) is 0 Å². The van der Waals surface area contributed by atoms with Gasteiger partial charge < -0.3 is 4.74 Å². The summed E-state index contributed by atoms with van der Waals surface area (Å²) in [5.74, 6) is -0.260. The molecular formula is C9H10O4. The van der Waals surface area contributed by atoms with Gasteiger partial charge in [-0.25, -0.2) is 4.79 Å². The summed E-state index contributed by atoms with van der Waals surface area (Å²) >= 11 is 0. The van der Waals surface area contributed by atoms with Crippen LogP contribution < -0.4 is 4.74 Å². The lowest BCUT2D eigenvalue weighted by Crippen LogP contribution is -2.24. The van der Waals surface area contributed by atoms with Gasteiger partial charge in [-0.15, -0.1) is 0 Å². The highest BCUT2D eigenvalue weighted by atomic mass is 17.1. The van der Waals surface area contributed by atoms with Crippen LogP contribution in [0.4, 0.5) is 0 Å². The maximum Gasteiger partial charge on any atom is 0.381 e. The number of hydrogen-bond acceptors (Lipinski definition) is 4. The zero-order valence-electron chi connectivity index (χ0n) is 7.14. The number of rotatable bonds is 3. The molecule has 0 spiro atoms. The Balaban J connectivity index is 2.55. The van der Waals surface area contributed by atoms with Crippen LogP contribution in [0.1, 0.15) is 6.92 Å². The summed E-state index contributed by atoms with van der Waals surface area (Å²) in [5.41, 5.74) is 0. The SMILES string of the molecule is C[C@H](Oc1ccccc1)C(=O)OO. The third-order valence-corrected chi connectivity index (χ3v) is 1.48. The number of ether oxygens (including phenoxy) is 1. The predicted octanol–water partition coefficient (Wildman–Crippen LogP) is 1.47. The molecule has 0 unspecified atom stereocenters. The molecule has 0 saturated heterocycles.